The van der Waals surface area contributed by atoms with E-state index in [0.29, 0.717) is 37.0 Å². The fraction of sp³-hybridized carbons (Fsp3) is 0.514. The van der Waals surface area contributed by atoms with E-state index < -0.39 is 26.6 Å². The zero-order valence-corrected chi connectivity index (χ0v) is 28.8. The number of aromatic hydroxyl groups is 1. The smallest absolute Gasteiger partial charge is 0.252 e. The van der Waals surface area contributed by atoms with Gasteiger partial charge in [0.25, 0.3) is 5.91 Å². The molecule has 2 aliphatic heterocycles. The molecule has 2 aromatic heterocycles. The number of ether oxygens (including phenoxy) is 1. The van der Waals surface area contributed by atoms with Crippen LogP contribution in [-0.4, -0.2) is 102 Å². The van der Waals surface area contributed by atoms with Crippen LogP contribution < -0.4 is 15.5 Å². The molecule has 3 aromatic rings. The standard InChI is InChI=1S/C35H46N6O6S/c1-5-9-35(10-11-35)48(45,46)41-22-29(42)32-26(33(43)37-21-27-30(47-16-6-2)17-23(3)38-34(27)44)18-25(19-28(32)41)24-7-8-31(36-20-24)40-14-12-39(4)13-15-40/h5,7-8,18-20,22-23,27,30,42H,1,6,9-17,21H2,2-4H3,(H,37,43)(H,38,44). The zero-order valence-electron chi connectivity index (χ0n) is 27.9. The van der Waals surface area contributed by atoms with Crippen molar-refractivity contribution in [2.45, 2.75) is 62.8 Å². The molecule has 0 spiro atoms. The third-order valence-electron chi connectivity index (χ3n) is 9.91. The highest BCUT2D eigenvalue weighted by Gasteiger charge is 2.54. The van der Waals surface area contributed by atoms with Gasteiger partial charge in [-0.2, -0.15) is 0 Å². The monoisotopic (exact) mass is 678 g/mol. The van der Waals surface area contributed by atoms with Crippen LogP contribution in [-0.2, 0) is 19.6 Å². The fourth-order valence-electron chi connectivity index (χ4n) is 6.88. The fourth-order valence-corrected chi connectivity index (χ4v) is 8.89. The second-order valence-electron chi connectivity index (χ2n) is 13.5. The quantitative estimate of drug-likeness (QED) is 0.245. The Balaban J connectivity index is 1.38. The van der Waals surface area contributed by atoms with Crippen LogP contribution in [0.15, 0.2) is 49.3 Å². The Hall–Kier alpha value is -3.94. The molecule has 12 nitrogen and oxygen atoms in total. The first-order valence-corrected chi connectivity index (χ1v) is 18.3. The summed E-state index contributed by atoms with van der Waals surface area (Å²) in [5.74, 6) is -0.820. The number of nitrogens with zero attached hydrogens (tertiary/aromatic N) is 4. The maximum Gasteiger partial charge on any atom is 0.252 e. The van der Waals surface area contributed by atoms with Crippen LogP contribution in [0.25, 0.3) is 22.0 Å². The third kappa shape index (κ3) is 6.42. The number of rotatable bonds is 12. The highest BCUT2D eigenvalue weighted by Crippen LogP contribution is 2.49. The van der Waals surface area contributed by atoms with Crippen molar-refractivity contribution in [3.8, 4) is 16.9 Å². The number of nitrogens with one attached hydrogen (secondary N) is 2. The van der Waals surface area contributed by atoms with Crippen molar-refractivity contribution in [1.29, 1.82) is 0 Å². The van der Waals surface area contributed by atoms with Gasteiger partial charge >= 0.3 is 0 Å². The molecule has 4 heterocycles. The lowest BCUT2D eigenvalue weighted by atomic mass is 9.90. The van der Waals surface area contributed by atoms with Crippen LogP contribution >= 0.6 is 0 Å². The van der Waals surface area contributed by atoms with Crippen LogP contribution in [0.5, 0.6) is 5.75 Å². The number of fused-ring (bicyclic) bond motifs is 1. The first-order chi connectivity index (χ1) is 23.0. The molecule has 1 aliphatic carbocycles. The molecule has 3 aliphatic rings. The number of aromatic nitrogens is 2. The average Bonchev–Trinajstić information content (AvgIpc) is 3.79. The molecule has 3 unspecified atom stereocenters. The highest BCUT2D eigenvalue weighted by molar-refractivity contribution is 7.91. The van der Waals surface area contributed by atoms with E-state index in [1.807, 2.05) is 26.0 Å². The minimum atomic E-state index is -3.96. The maximum atomic E-state index is 14.0. The average molecular weight is 679 g/mol. The van der Waals surface area contributed by atoms with E-state index in [-0.39, 0.29) is 53.2 Å². The molecule has 48 heavy (non-hydrogen) atoms. The first kappa shape index (κ1) is 33.9. The van der Waals surface area contributed by atoms with E-state index in [0.717, 1.165) is 42.4 Å². The van der Waals surface area contributed by atoms with Crippen LogP contribution in [0.3, 0.4) is 0 Å². The Labute approximate surface area is 282 Å². The molecule has 2 saturated heterocycles. The topological polar surface area (TPSA) is 146 Å². The Bertz CT molecular complexity index is 1790. The molecule has 3 fully saturated rings. The molecular formula is C35H46N6O6S. The number of hydrogen-bond acceptors (Lipinski definition) is 9. The van der Waals surface area contributed by atoms with Gasteiger partial charge in [0, 0.05) is 57.1 Å². The van der Waals surface area contributed by atoms with Crippen molar-refractivity contribution in [2.24, 2.45) is 5.92 Å². The van der Waals surface area contributed by atoms with Gasteiger partial charge in [0.15, 0.2) is 0 Å². The zero-order chi connectivity index (χ0) is 34.2. The Morgan fingerprint density at radius 3 is 2.60 bits per heavy atom. The highest BCUT2D eigenvalue weighted by atomic mass is 32.2. The van der Waals surface area contributed by atoms with Crippen molar-refractivity contribution in [3.05, 3.63) is 54.9 Å². The Morgan fingerprint density at radius 1 is 1.21 bits per heavy atom. The van der Waals surface area contributed by atoms with Crippen LogP contribution in [0.1, 0.15) is 56.3 Å². The van der Waals surface area contributed by atoms with Crippen molar-refractivity contribution in [2.75, 3.05) is 51.3 Å². The normalized spacial score (nSPS) is 22.8. The van der Waals surface area contributed by atoms with E-state index in [2.05, 4.69) is 34.1 Å². The molecule has 3 atom stereocenters. The third-order valence-corrected chi connectivity index (χ3v) is 12.4. The summed E-state index contributed by atoms with van der Waals surface area (Å²) in [4.78, 5) is 36.2. The van der Waals surface area contributed by atoms with Crippen molar-refractivity contribution >= 4 is 38.6 Å². The predicted molar refractivity (Wildman–Crippen MR) is 186 cm³/mol. The second kappa shape index (κ2) is 13.5. The van der Waals surface area contributed by atoms with Gasteiger partial charge in [0.1, 0.15) is 11.6 Å². The number of allylic oxidation sites excluding steroid dienone is 1. The number of carbonyl (C=O) groups is 2. The number of hydrogen-bond donors (Lipinski definition) is 3. The molecule has 3 N–H and O–H groups in total. The van der Waals surface area contributed by atoms with Gasteiger partial charge in [-0.15, -0.1) is 6.58 Å². The van der Waals surface area contributed by atoms with E-state index in [4.69, 9.17) is 9.72 Å². The Morgan fingerprint density at radius 2 is 1.96 bits per heavy atom. The van der Waals surface area contributed by atoms with Crippen molar-refractivity contribution in [1.82, 2.24) is 24.5 Å². The number of carbonyl (C=O) groups excluding carboxylic acids is 2. The number of likely N-dealkylation sites (N-methyl/N-ethyl adjacent to an activating group) is 1. The van der Waals surface area contributed by atoms with E-state index in [1.54, 1.807) is 24.4 Å². The Kier molecular flexibility index (Phi) is 9.56. The summed E-state index contributed by atoms with van der Waals surface area (Å²) < 4.78 is 34.2. The van der Waals surface area contributed by atoms with Crippen LogP contribution in [0.4, 0.5) is 5.82 Å². The largest absolute Gasteiger partial charge is 0.506 e. The number of amides is 2. The molecular weight excluding hydrogens is 632 g/mol. The first-order valence-electron chi connectivity index (χ1n) is 16.8. The lowest BCUT2D eigenvalue weighted by Gasteiger charge is -2.34. The second-order valence-corrected chi connectivity index (χ2v) is 15.7. The summed E-state index contributed by atoms with van der Waals surface area (Å²) in [6.07, 6.45) is 6.82. The van der Waals surface area contributed by atoms with Crippen LogP contribution in [0.2, 0.25) is 0 Å². The molecule has 6 rings (SSSR count). The van der Waals surface area contributed by atoms with E-state index >= 15 is 0 Å². The molecule has 258 valence electrons. The van der Waals surface area contributed by atoms with Gasteiger partial charge < -0.3 is 30.3 Å². The van der Waals surface area contributed by atoms with E-state index in [1.165, 1.54) is 6.20 Å². The van der Waals surface area contributed by atoms with Gasteiger partial charge in [0.2, 0.25) is 15.9 Å². The SMILES string of the molecule is C=CCC1(S(=O)(=O)n2cc(O)c3c(C(=O)NCC4C(=O)NC(C)CC4OCCC)cc(-c4ccc(N5CCN(C)CC5)nc4)cc32)CC1. The summed E-state index contributed by atoms with van der Waals surface area (Å²) in [5.41, 5.74) is 1.55. The predicted octanol–water partition coefficient (Wildman–Crippen LogP) is 3.50. The number of pyridine rings is 1. The van der Waals surface area contributed by atoms with Gasteiger partial charge in [-0.3, -0.25) is 9.59 Å². The summed E-state index contributed by atoms with van der Waals surface area (Å²) in [5, 5.41) is 17.2. The summed E-state index contributed by atoms with van der Waals surface area (Å²) >= 11 is 0. The minimum absolute atomic E-state index is 0.0149. The molecule has 13 heteroatoms. The summed E-state index contributed by atoms with van der Waals surface area (Å²) in [6.45, 7) is 11.8. The molecule has 2 amide bonds. The lowest BCUT2D eigenvalue weighted by Crippen LogP contribution is -2.54. The van der Waals surface area contributed by atoms with Gasteiger partial charge in [-0.25, -0.2) is 17.4 Å². The van der Waals surface area contributed by atoms with E-state index in [9.17, 15) is 23.1 Å². The maximum absolute atomic E-state index is 14.0. The van der Waals surface area contributed by atoms with Crippen molar-refractivity contribution < 1.29 is 27.9 Å². The van der Waals surface area contributed by atoms with Crippen LogP contribution in [0, 0.1) is 5.92 Å². The van der Waals surface area contributed by atoms with Gasteiger partial charge in [0.05, 0.1) is 39.4 Å². The number of benzene rings is 1. The van der Waals surface area contributed by atoms with Gasteiger partial charge in [-0.1, -0.05) is 13.0 Å². The van der Waals surface area contributed by atoms with Crippen molar-refractivity contribution in [3.63, 3.8) is 0 Å². The summed E-state index contributed by atoms with van der Waals surface area (Å²) in [7, 11) is -1.87. The lowest BCUT2D eigenvalue weighted by molar-refractivity contribution is -0.135. The molecule has 0 radical (unpaired) electrons. The molecule has 1 saturated carbocycles. The minimum Gasteiger partial charge on any atom is -0.506 e. The molecule has 0 bridgehead atoms. The number of anilines is 1. The molecule has 1 aromatic carbocycles. The summed E-state index contributed by atoms with van der Waals surface area (Å²) in [6, 6.07) is 7.12. The number of piperidine rings is 1. The van der Waals surface area contributed by atoms with Gasteiger partial charge in [-0.05, 0) is 75.9 Å². The number of piperazine rings is 1.